The normalized spacial score (nSPS) is 11.5. The molecule has 0 unspecified atom stereocenters. The number of hydrogen-bond donors (Lipinski definition) is 1. The minimum absolute atomic E-state index is 0. The van der Waals surface area contributed by atoms with Crippen molar-refractivity contribution in [3.05, 3.63) is 28.8 Å². The molecule has 0 spiro atoms. The maximum atomic E-state index is 12.7. The third kappa shape index (κ3) is 2.88. The third-order valence-corrected chi connectivity index (χ3v) is 3.08. The predicted molar refractivity (Wildman–Crippen MR) is 56.1 cm³/mol. The highest BCUT2D eigenvalue weighted by molar-refractivity contribution is 7.17. The molecule has 94 valence electrons. The van der Waals surface area contributed by atoms with Gasteiger partial charge < -0.3 is 18.1 Å². The Morgan fingerprint density at radius 3 is 2.65 bits per heavy atom. The van der Waals surface area contributed by atoms with Gasteiger partial charge in [-0.3, -0.25) is 0 Å². The summed E-state index contributed by atoms with van der Waals surface area (Å²) < 4.78 is 39.0. The van der Waals surface area contributed by atoms with Crippen molar-refractivity contribution in [2.24, 2.45) is 0 Å². The highest BCUT2D eigenvalue weighted by Gasteiger charge is 2.35. The summed E-state index contributed by atoms with van der Waals surface area (Å²) in [7, 11) is 0. The van der Waals surface area contributed by atoms with Crippen molar-refractivity contribution in [2.45, 2.75) is 12.6 Å². The zero-order valence-corrected chi connectivity index (χ0v) is 10.3. The minimum Gasteiger partial charge on any atom is -1.00 e. The predicted octanol–water partition coefficient (Wildman–Crippen LogP) is -0.896. The van der Waals surface area contributed by atoms with Crippen LogP contribution in [0.25, 0.3) is 10.2 Å². The summed E-state index contributed by atoms with van der Waals surface area (Å²) in [5.41, 5.74) is 3.45. The van der Waals surface area contributed by atoms with E-state index in [1.807, 2.05) is 0 Å². The van der Waals surface area contributed by atoms with Crippen LogP contribution in [-0.4, -0.2) is 11.5 Å². The summed E-state index contributed by atoms with van der Waals surface area (Å²) in [6, 6.07) is 3.17. The van der Waals surface area contributed by atoms with Crippen molar-refractivity contribution in [1.29, 1.82) is 0 Å². The van der Waals surface area contributed by atoms with E-state index < -0.39 is 11.9 Å². The Morgan fingerprint density at radius 2 is 2.06 bits per heavy atom. The molecule has 2 aromatic heterocycles. The largest absolute Gasteiger partial charge is 1.00 e. The number of pyridine rings is 1. The molecule has 0 saturated heterocycles. The maximum absolute atomic E-state index is 12.7. The van der Waals surface area contributed by atoms with Crippen molar-refractivity contribution >= 4 is 21.6 Å². The topological polar surface area (TPSA) is 40.5 Å². The van der Waals surface area contributed by atoms with Crippen molar-refractivity contribution < 1.29 is 31.3 Å². The second-order valence-electron chi connectivity index (χ2n) is 3.40. The van der Waals surface area contributed by atoms with Gasteiger partial charge >= 0.3 is 6.18 Å². The lowest BCUT2D eigenvalue weighted by Gasteiger charge is -2.10. The van der Waals surface area contributed by atoms with Crippen LogP contribution in [0.4, 0.5) is 13.2 Å². The molecule has 0 bridgehead atoms. The molecule has 0 aromatic carbocycles. The molecule has 17 heavy (non-hydrogen) atoms. The fourth-order valence-corrected chi connectivity index (χ4v) is 2.35. The Balaban J connectivity index is 0.00000144. The highest BCUT2D eigenvalue weighted by atomic mass is 35.5. The number of thiophene rings is 1. The molecule has 0 saturated carbocycles. The van der Waals surface area contributed by atoms with E-state index in [9.17, 15) is 13.2 Å². The average Bonchev–Trinajstić information content (AvgIpc) is 2.62. The maximum Gasteiger partial charge on any atom is 0.433 e. The minimum atomic E-state index is -4.39. The van der Waals surface area contributed by atoms with Gasteiger partial charge in [0.15, 0.2) is 0 Å². The number of fused-ring (bicyclic) bond motifs is 1. The molecule has 0 radical (unpaired) electrons. The average molecular weight is 283 g/mol. The molecular weight excluding hydrogens is 273 g/mol. The van der Waals surface area contributed by atoms with Crippen LogP contribution in [0.15, 0.2) is 17.5 Å². The summed E-state index contributed by atoms with van der Waals surface area (Å²) in [4.78, 5) is 3.68. The first-order valence-corrected chi connectivity index (χ1v) is 5.64. The zero-order chi connectivity index (χ0) is 11.8. The summed E-state index contributed by atoms with van der Waals surface area (Å²) in [5.74, 6) is 0. The van der Waals surface area contributed by atoms with E-state index in [0.29, 0.717) is 18.5 Å². The van der Waals surface area contributed by atoms with E-state index in [-0.39, 0.29) is 18.0 Å². The van der Waals surface area contributed by atoms with Crippen LogP contribution in [-0.2, 0) is 12.6 Å². The van der Waals surface area contributed by atoms with Gasteiger partial charge in [0.25, 0.3) is 0 Å². The van der Waals surface area contributed by atoms with Crippen LogP contribution in [0, 0.1) is 0 Å². The van der Waals surface area contributed by atoms with E-state index in [1.165, 1.54) is 11.3 Å². The van der Waals surface area contributed by atoms with E-state index >= 15 is 0 Å². The quantitative estimate of drug-likeness (QED) is 0.762. The number of alkyl halides is 3. The molecule has 3 N–H and O–H groups in total. The van der Waals surface area contributed by atoms with E-state index in [0.717, 1.165) is 4.70 Å². The number of rotatable bonds is 2. The molecule has 2 nitrogen and oxygen atoms in total. The van der Waals surface area contributed by atoms with Gasteiger partial charge in [-0.05, 0) is 23.1 Å². The number of halogens is 4. The standard InChI is InChI=1S/C10H9F3N2S.ClH/c11-10(12,13)9-6(1-3-14)5-8-7(15-9)2-4-16-8;/h2,4-5H,1,3,14H2;1H. The first-order valence-electron chi connectivity index (χ1n) is 4.76. The second kappa shape index (κ2) is 5.20. The van der Waals surface area contributed by atoms with Crippen LogP contribution in [0.2, 0.25) is 0 Å². The fraction of sp³-hybridized carbons (Fsp3) is 0.300. The van der Waals surface area contributed by atoms with Gasteiger partial charge in [-0.1, -0.05) is 0 Å². The number of hydrogen-bond acceptors (Lipinski definition) is 2. The lowest BCUT2D eigenvalue weighted by molar-refractivity contribution is -0.366. The molecule has 7 heteroatoms. The first kappa shape index (κ1) is 14.2. The van der Waals surface area contributed by atoms with Crippen LogP contribution < -0.4 is 18.1 Å². The molecule has 0 aliphatic carbocycles. The smallest absolute Gasteiger partial charge is 0.433 e. The van der Waals surface area contributed by atoms with Gasteiger partial charge in [-0.2, -0.15) is 13.2 Å². The molecule has 0 atom stereocenters. The second-order valence-corrected chi connectivity index (χ2v) is 4.35. The molecule has 0 fully saturated rings. The molecule has 0 amide bonds. The van der Waals surface area contributed by atoms with Crippen LogP contribution in [0.1, 0.15) is 11.3 Å². The van der Waals surface area contributed by atoms with E-state index in [1.54, 1.807) is 17.5 Å². The summed E-state index contributed by atoms with van der Waals surface area (Å²) in [5, 5.41) is 1.74. The summed E-state index contributed by atoms with van der Waals surface area (Å²) in [6.45, 7) is 0.432. The van der Waals surface area contributed by atoms with Gasteiger partial charge in [0.1, 0.15) is 5.69 Å². The van der Waals surface area contributed by atoms with Crippen LogP contribution >= 0.6 is 11.3 Å². The molecule has 2 aromatic rings. The van der Waals surface area contributed by atoms with Gasteiger partial charge in [0, 0.05) is 6.42 Å². The Morgan fingerprint density at radius 1 is 1.35 bits per heavy atom. The third-order valence-electron chi connectivity index (χ3n) is 2.23. The Hall–Kier alpha value is -0.850. The van der Waals surface area contributed by atoms with Crippen molar-refractivity contribution in [2.75, 3.05) is 6.54 Å². The Kier molecular flexibility index (Phi) is 4.35. The fourth-order valence-electron chi connectivity index (χ4n) is 1.56. The first-order chi connectivity index (χ1) is 7.52. The molecule has 2 rings (SSSR count). The zero-order valence-electron chi connectivity index (χ0n) is 8.72. The lowest BCUT2D eigenvalue weighted by Crippen LogP contribution is -3.00. The van der Waals surface area contributed by atoms with Crippen molar-refractivity contribution in [3.63, 3.8) is 0 Å². The van der Waals surface area contributed by atoms with Crippen LogP contribution in [0.3, 0.4) is 0 Å². The lowest BCUT2D eigenvalue weighted by atomic mass is 10.1. The van der Waals surface area contributed by atoms with E-state index in [4.69, 9.17) is 0 Å². The number of nitrogens with zero attached hydrogens (tertiary/aromatic N) is 1. The summed E-state index contributed by atoms with van der Waals surface area (Å²) in [6.07, 6.45) is -4.09. The van der Waals surface area contributed by atoms with Crippen LogP contribution in [0.5, 0.6) is 0 Å². The van der Waals surface area contributed by atoms with E-state index in [2.05, 4.69) is 10.7 Å². The van der Waals surface area contributed by atoms with Gasteiger partial charge in [-0.25, -0.2) is 4.98 Å². The molecule has 0 aliphatic rings. The SMILES string of the molecule is [Cl-].[NH3+]CCc1cc2sccc2nc1C(F)(F)F. The monoisotopic (exact) mass is 282 g/mol. The molecule has 0 aliphatic heterocycles. The number of quaternary nitrogens is 1. The van der Waals surface area contributed by atoms with Crippen molar-refractivity contribution in [1.82, 2.24) is 4.98 Å². The van der Waals surface area contributed by atoms with Gasteiger partial charge in [-0.15, -0.1) is 11.3 Å². The Labute approximate surface area is 106 Å². The van der Waals surface area contributed by atoms with Gasteiger partial charge in [0.05, 0.1) is 16.8 Å². The highest BCUT2D eigenvalue weighted by Crippen LogP contribution is 2.33. The Bertz CT molecular complexity index is 510. The number of aromatic nitrogens is 1. The molecular formula is C10H10ClF3N2S. The molecule has 2 heterocycles. The van der Waals surface area contributed by atoms with Gasteiger partial charge in [0.2, 0.25) is 0 Å². The summed E-state index contributed by atoms with van der Waals surface area (Å²) >= 11 is 1.40. The van der Waals surface area contributed by atoms with Crippen molar-refractivity contribution in [3.8, 4) is 0 Å².